The van der Waals surface area contributed by atoms with E-state index in [0.29, 0.717) is 12.8 Å². The van der Waals surface area contributed by atoms with Gasteiger partial charge in [0.2, 0.25) is 5.91 Å². The number of carboxylic acid groups (broad SMARTS) is 1. The average molecular weight is 658 g/mol. The van der Waals surface area contributed by atoms with Crippen molar-refractivity contribution >= 4 is 91.2 Å². The first kappa shape index (κ1) is 20.8. The molecule has 0 bridgehead atoms. The van der Waals surface area contributed by atoms with Gasteiger partial charge < -0.3 is 20.8 Å². The van der Waals surface area contributed by atoms with Crippen LogP contribution >= 0.6 is 67.8 Å². The molecule has 7 nitrogen and oxygen atoms in total. The summed E-state index contributed by atoms with van der Waals surface area (Å²) in [6, 6.07) is 0. The Hall–Kier alpha value is -0.220. The molecule has 0 spiro atoms. The summed E-state index contributed by atoms with van der Waals surface area (Å²) in [6.07, 6.45) is -0.730. The predicted octanol–water partition coefficient (Wildman–Crippen LogP) is 2.27. The van der Waals surface area contributed by atoms with Gasteiger partial charge in [0, 0.05) is 17.0 Å². The number of carboxylic acids is 1. The lowest BCUT2D eigenvalue weighted by atomic mass is 10.1. The van der Waals surface area contributed by atoms with Crippen molar-refractivity contribution < 1.29 is 24.6 Å². The van der Waals surface area contributed by atoms with Crippen LogP contribution in [-0.2, 0) is 4.79 Å². The second-order valence-electron chi connectivity index (χ2n) is 4.61. The maximum atomic E-state index is 12.4. The largest absolute Gasteiger partial charge is 0.478 e. The third-order valence-corrected chi connectivity index (χ3v) is 5.85. The van der Waals surface area contributed by atoms with Crippen molar-refractivity contribution in [2.24, 2.45) is 0 Å². The van der Waals surface area contributed by atoms with Crippen molar-refractivity contribution in [1.29, 1.82) is 0 Å². The van der Waals surface area contributed by atoms with Crippen molar-refractivity contribution in [1.82, 2.24) is 5.32 Å². The third-order valence-electron chi connectivity index (χ3n) is 2.62. The maximum Gasteiger partial charge on any atom is 0.337 e. The van der Waals surface area contributed by atoms with Crippen molar-refractivity contribution in [3.63, 3.8) is 0 Å². The zero-order valence-electron chi connectivity index (χ0n) is 12.0. The van der Waals surface area contributed by atoms with Crippen LogP contribution in [0.1, 0.15) is 34.6 Å². The van der Waals surface area contributed by atoms with E-state index in [9.17, 15) is 24.6 Å². The second-order valence-corrected chi connectivity index (χ2v) is 7.85. The number of aliphatic hydroxyl groups excluding tert-OH is 1. The molecule has 0 fully saturated rings. The highest BCUT2D eigenvalue weighted by Crippen LogP contribution is 2.35. The number of carbonyl (C=O) groups excluding carboxylic acids is 2. The van der Waals surface area contributed by atoms with Crippen molar-refractivity contribution in [2.75, 3.05) is 11.9 Å². The van der Waals surface area contributed by atoms with Crippen molar-refractivity contribution in [3.8, 4) is 0 Å². The summed E-state index contributed by atoms with van der Waals surface area (Å²) in [5, 5.41) is 23.8. The monoisotopic (exact) mass is 658 g/mol. The van der Waals surface area contributed by atoms with Gasteiger partial charge in [0.1, 0.15) is 0 Å². The van der Waals surface area contributed by atoms with E-state index in [4.69, 9.17) is 0 Å². The predicted molar refractivity (Wildman–Crippen MR) is 110 cm³/mol. The Morgan fingerprint density at radius 3 is 2.04 bits per heavy atom. The van der Waals surface area contributed by atoms with E-state index in [1.54, 1.807) is 22.6 Å². The van der Waals surface area contributed by atoms with Crippen LogP contribution in [0.5, 0.6) is 0 Å². The number of aromatic carboxylic acids is 1. The standard InChI is InChI=1S/C13H13I3N2O5/c1-4(19)3-17-12(21)6-8(14)7(13(22)23)10(16)11(9(6)15)18-5(2)20/h4,19H,3H2,1-2H3,(H,17,21)(H,18,20)(H,22,23). The van der Waals surface area contributed by atoms with Gasteiger partial charge in [0.05, 0.1) is 30.1 Å². The van der Waals surface area contributed by atoms with Crippen LogP contribution in [0.2, 0.25) is 0 Å². The summed E-state index contributed by atoms with van der Waals surface area (Å²) >= 11 is 5.54. The van der Waals surface area contributed by atoms with Crippen LogP contribution in [0.15, 0.2) is 0 Å². The lowest BCUT2D eigenvalue weighted by molar-refractivity contribution is -0.114. The van der Waals surface area contributed by atoms with Crippen molar-refractivity contribution in [2.45, 2.75) is 20.0 Å². The minimum absolute atomic E-state index is 0.0366. The highest BCUT2D eigenvalue weighted by molar-refractivity contribution is 14.1. The fourth-order valence-electron chi connectivity index (χ4n) is 1.67. The van der Waals surface area contributed by atoms with E-state index in [0.717, 1.165) is 0 Å². The summed E-state index contributed by atoms with van der Waals surface area (Å²) in [6.45, 7) is 2.86. The van der Waals surface area contributed by atoms with Crippen LogP contribution in [0.3, 0.4) is 0 Å². The Kier molecular flexibility index (Phi) is 7.92. The van der Waals surface area contributed by atoms with Gasteiger partial charge in [-0.05, 0) is 74.7 Å². The normalized spacial score (nSPS) is 11.7. The van der Waals surface area contributed by atoms with Gasteiger partial charge in [-0.1, -0.05) is 0 Å². The first-order valence-electron chi connectivity index (χ1n) is 6.25. The number of aliphatic hydroxyl groups is 1. The molecular weight excluding hydrogens is 645 g/mol. The fraction of sp³-hybridized carbons (Fsp3) is 0.308. The molecular formula is C13H13I3N2O5. The molecule has 0 saturated heterocycles. The van der Waals surface area contributed by atoms with Gasteiger partial charge in [0.25, 0.3) is 5.91 Å². The maximum absolute atomic E-state index is 12.4. The van der Waals surface area contributed by atoms with E-state index < -0.39 is 18.0 Å². The van der Waals surface area contributed by atoms with Crippen LogP contribution in [0, 0.1) is 10.7 Å². The molecule has 0 aliphatic heterocycles. The molecule has 0 heterocycles. The number of nitrogens with one attached hydrogen (secondary N) is 2. The van der Waals surface area contributed by atoms with E-state index in [1.165, 1.54) is 13.8 Å². The Bertz CT molecular complexity index is 676. The number of carbonyl (C=O) groups is 3. The number of hydrogen-bond donors (Lipinski definition) is 4. The van der Waals surface area contributed by atoms with E-state index in [2.05, 4.69) is 10.6 Å². The lowest BCUT2D eigenvalue weighted by Gasteiger charge is -2.18. The molecule has 1 unspecified atom stereocenters. The quantitative estimate of drug-likeness (QED) is 0.363. The third kappa shape index (κ3) is 5.12. The molecule has 1 aromatic rings. The van der Waals surface area contributed by atoms with Gasteiger partial charge in [-0.3, -0.25) is 9.59 Å². The van der Waals surface area contributed by atoms with Crippen molar-refractivity contribution in [3.05, 3.63) is 21.8 Å². The first-order valence-corrected chi connectivity index (χ1v) is 9.49. The summed E-state index contributed by atoms with van der Waals surface area (Å²) in [5.41, 5.74) is 0.407. The molecule has 4 N–H and O–H groups in total. The number of hydrogen-bond acceptors (Lipinski definition) is 4. The molecule has 1 aromatic carbocycles. The summed E-state index contributed by atoms with van der Waals surface area (Å²) in [7, 11) is 0. The second kappa shape index (κ2) is 8.75. The fourth-order valence-corrected chi connectivity index (χ4v) is 6.05. The van der Waals surface area contributed by atoms with Gasteiger partial charge in [0.15, 0.2) is 0 Å². The SMILES string of the molecule is CC(=O)Nc1c(I)c(C(=O)O)c(I)c(C(=O)NCC(C)O)c1I. The minimum atomic E-state index is -1.19. The average Bonchev–Trinajstić information content (AvgIpc) is 2.40. The number of rotatable bonds is 5. The van der Waals surface area contributed by atoms with Crippen LogP contribution in [-0.4, -0.2) is 40.6 Å². The zero-order chi connectivity index (χ0) is 17.9. The number of halogens is 3. The highest BCUT2D eigenvalue weighted by atomic mass is 127. The molecule has 2 amide bonds. The molecule has 0 aliphatic carbocycles. The highest BCUT2D eigenvalue weighted by Gasteiger charge is 2.28. The van der Waals surface area contributed by atoms with E-state index >= 15 is 0 Å². The Morgan fingerprint density at radius 2 is 1.61 bits per heavy atom. The Morgan fingerprint density at radius 1 is 1.09 bits per heavy atom. The topological polar surface area (TPSA) is 116 Å². The van der Waals surface area contributed by atoms with Crippen LogP contribution in [0.4, 0.5) is 5.69 Å². The van der Waals surface area contributed by atoms with Gasteiger partial charge in [-0.25, -0.2) is 4.79 Å². The van der Waals surface area contributed by atoms with Crippen LogP contribution < -0.4 is 10.6 Å². The lowest BCUT2D eigenvalue weighted by Crippen LogP contribution is -2.32. The first-order chi connectivity index (χ1) is 10.6. The summed E-state index contributed by atoms with van der Waals surface area (Å²) < 4.78 is 1.08. The van der Waals surface area contributed by atoms with Gasteiger partial charge in [-0.2, -0.15) is 0 Å². The molecule has 1 atom stereocenters. The molecule has 23 heavy (non-hydrogen) atoms. The van der Waals surface area contributed by atoms with Gasteiger partial charge >= 0.3 is 5.97 Å². The Balaban J connectivity index is 3.55. The van der Waals surface area contributed by atoms with Gasteiger partial charge in [-0.15, -0.1) is 0 Å². The number of anilines is 1. The summed E-state index contributed by atoms with van der Waals surface area (Å²) in [5.74, 6) is -2.06. The molecule has 0 saturated carbocycles. The zero-order valence-corrected chi connectivity index (χ0v) is 18.5. The molecule has 126 valence electrons. The number of benzene rings is 1. The van der Waals surface area contributed by atoms with E-state index in [-0.39, 0.29) is 27.1 Å². The molecule has 1 rings (SSSR count). The molecule has 0 aliphatic rings. The summed E-state index contributed by atoms with van der Waals surface area (Å²) in [4.78, 5) is 35.3. The smallest absolute Gasteiger partial charge is 0.337 e. The molecule has 10 heteroatoms. The Labute approximate surface area is 173 Å². The molecule has 0 aromatic heterocycles. The minimum Gasteiger partial charge on any atom is -0.478 e. The van der Waals surface area contributed by atoms with E-state index in [1.807, 2.05) is 45.2 Å². The number of amides is 2. The molecule has 0 radical (unpaired) electrons. The van der Waals surface area contributed by atoms with Crippen LogP contribution in [0.25, 0.3) is 0 Å².